The highest BCUT2D eigenvalue weighted by atomic mass is 16.3. The molecule has 0 saturated heterocycles. The Labute approximate surface area is 104 Å². The van der Waals surface area contributed by atoms with Crippen LogP contribution in [0, 0.1) is 11.3 Å². The Morgan fingerprint density at radius 3 is 2.65 bits per heavy atom. The van der Waals surface area contributed by atoms with Gasteiger partial charge >= 0.3 is 0 Å². The van der Waals surface area contributed by atoms with E-state index in [0.717, 1.165) is 24.8 Å². The van der Waals surface area contributed by atoms with Crippen molar-refractivity contribution in [2.75, 3.05) is 0 Å². The van der Waals surface area contributed by atoms with Crippen molar-refractivity contribution in [1.29, 1.82) is 0 Å². The molecule has 0 aromatic rings. The molecular weight excluding hydrogens is 212 g/mol. The number of hydrogen-bond donors (Lipinski definition) is 2. The van der Waals surface area contributed by atoms with E-state index in [2.05, 4.69) is 20.4 Å². The van der Waals surface area contributed by atoms with Crippen LogP contribution in [0.5, 0.6) is 0 Å². The van der Waals surface area contributed by atoms with Crippen molar-refractivity contribution < 1.29 is 10.2 Å². The molecule has 2 aliphatic rings. The van der Waals surface area contributed by atoms with Crippen molar-refractivity contribution in [1.82, 2.24) is 0 Å². The van der Waals surface area contributed by atoms with E-state index in [1.54, 1.807) is 0 Å². The van der Waals surface area contributed by atoms with Crippen LogP contribution in [0.1, 0.15) is 46.5 Å². The lowest BCUT2D eigenvalue weighted by atomic mass is 9.60. The molecule has 2 N–H and O–H groups in total. The van der Waals surface area contributed by atoms with Gasteiger partial charge in [0.15, 0.2) is 0 Å². The molecule has 2 heteroatoms. The maximum Gasteiger partial charge on any atom is 0.101 e. The molecule has 0 aromatic heterocycles. The summed E-state index contributed by atoms with van der Waals surface area (Å²) in [5, 5.41) is 19.9. The van der Waals surface area contributed by atoms with Gasteiger partial charge in [-0.1, -0.05) is 24.6 Å². The third kappa shape index (κ3) is 2.09. The predicted octanol–water partition coefficient (Wildman–Crippen LogP) is 2.81. The minimum absolute atomic E-state index is 0.0919. The minimum atomic E-state index is -0.665. The Kier molecular flexibility index (Phi) is 3.21. The van der Waals surface area contributed by atoms with E-state index in [9.17, 15) is 10.2 Å². The maximum absolute atomic E-state index is 9.99. The van der Waals surface area contributed by atoms with Crippen molar-refractivity contribution >= 4 is 0 Å². The van der Waals surface area contributed by atoms with Crippen LogP contribution < -0.4 is 0 Å². The third-order valence-electron chi connectivity index (χ3n) is 4.86. The zero-order valence-electron chi connectivity index (χ0n) is 11.2. The maximum atomic E-state index is 9.99. The Hall–Kier alpha value is -0.600. The van der Waals surface area contributed by atoms with E-state index in [1.807, 2.05) is 6.92 Å². The number of fused-ring (bicyclic) bond motifs is 1. The average Bonchev–Trinajstić information content (AvgIpc) is 2.25. The Morgan fingerprint density at radius 2 is 2.06 bits per heavy atom. The summed E-state index contributed by atoms with van der Waals surface area (Å²) < 4.78 is 0. The first kappa shape index (κ1) is 12.8. The van der Waals surface area contributed by atoms with E-state index >= 15 is 0 Å². The summed E-state index contributed by atoms with van der Waals surface area (Å²) in [5.74, 6) is 0.551. The molecule has 0 aromatic carbocycles. The van der Waals surface area contributed by atoms with Crippen molar-refractivity contribution in [2.45, 2.75) is 58.7 Å². The molecule has 0 heterocycles. The van der Waals surface area contributed by atoms with E-state index in [4.69, 9.17) is 0 Å². The van der Waals surface area contributed by atoms with Gasteiger partial charge in [0, 0.05) is 0 Å². The molecule has 4 atom stereocenters. The van der Waals surface area contributed by atoms with Crippen LogP contribution in [-0.2, 0) is 0 Å². The Bertz CT molecular complexity index is 369. The molecule has 0 radical (unpaired) electrons. The summed E-state index contributed by atoms with van der Waals surface area (Å²) >= 11 is 0. The second kappa shape index (κ2) is 4.25. The van der Waals surface area contributed by atoms with Gasteiger partial charge in [0.1, 0.15) is 6.10 Å². The fourth-order valence-corrected chi connectivity index (χ4v) is 3.56. The molecule has 0 spiro atoms. The molecule has 0 bridgehead atoms. The van der Waals surface area contributed by atoms with Crippen molar-refractivity contribution in [2.24, 2.45) is 11.3 Å². The minimum Gasteiger partial charge on any atom is -0.390 e. The normalized spacial score (nSPS) is 42.3. The molecule has 96 valence electrons. The fraction of sp³-hybridized carbons (Fsp3) is 0.733. The first-order valence-electron chi connectivity index (χ1n) is 6.57. The molecule has 2 rings (SSSR count). The molecule has 0 amide bonds. The lowest BCUT2D eigenvalue weighted by Gasteiger charge is -2.47. The van der Waals surface area contributed by atoms with Crippen LogP contribution in [0.25, 0.3) is 0 Å². The zero-order valence-corrected chi connectivity index (χ0v) is 11.2. The van der Waals surface area contributed by atoms with Gasteiger partial charge in [0.05, 0.1) is 6.10 Å². The fourth-order valence-electron chi connectivity index (χ4n) is 3.56. The highest BCUT2D eigenvalue weighted by molar-refractivity contribution is 5.31. The molecule has 17 heavy (non-hydrogen) atoms. The van der Waals surface area contributed by atoms with Crippen molar-refractivity contribution in [3.63, 3.8) is 0 Å². The Balaban J connectivity index is 2.34. The summed E-state index contributed by atoms with van der Waals surface area (Å²) in [4.78, 5) is 0. The van der Waals surface area contributed by atoms with E-state index in [0.29, 0.717) is 12.3 Å². The lowest BCUT2D eigenvalue weighted by Crippen LogP contribution is -2.43. The average molecular weight is 236 g/mol. The van der Waals surface area contributed by atoms with Gasteiger partial charge in [0.2, 0.25) is 0 Å². The van der Waals surface area contributed by atoms with Crippen molar-refractivity contribution in [3.8, 4) is 0 Å². The Morgan fingerprint density at radius 1 is 1.41 bits per heavy atom. The molecule has 0 aliphatic heterocycles. The monoisotopic (exact) mass is 236 g/mol. The van der Waals surface area contributed by atoms with E-state index in [1.165, 1.54) is 11.1 Å². The second-order valence-electron chi connectivity index (χ2n) is 6.22. The highest BCUT2D eigenvalue weighted by Crippen LogP contribution is 2.52. The van der Waals surface area contributed by atoms with E-state index in [-0.39, 0.29) is 5.41 Å². The largest absolute Gasteiger partial charge is 0.390 e. The smallest absolute Gasteiger partial charge is 0.101 e. The van der Waals surface area contributed by atoms with Crippen LogP contribution in [0.15, 0.2) is 23.3 Å². The summed E-state index contributed by atoms with van der Waals surface area (Å²) in [6.07, 6.45) is 2.71. The summed E-state index contributed by atoms with van der Waals surface area (Å²) in [6.45, 7) is 10.4. The molecule has 1 saturated carbocycles. The standard InChI is InChI=1S/C15H24O2/c1-9(2)11-5-6-15(4)8-13(16)14(17)10(3)12(15)7-11/h11,13-14,16-17H,1,5-8H2,2-4H3/t11-,13-,14-,15-/m1/s1. The number of allylic oxidation sites excluding steroid dienone is 2. The van der Waals surface area contributed by atoms with Crippen LogP contribution in [0.4, 0.5) is 0 Å². The first-order chi connectivity index (χ1) is 7.85. The van der Waals surface area contributed by atoms with Crippen LogP contribution in [-0.4, -0.2) is 22.4 Å². The van der Waals surface area contributed by atoms with Crippen molar-refractivity contribution in [3.05, 3.63) is 23.3 Å². The zero-order chi connectivity index (χ0) is 12.8. The molecule has 2 aliphatic carbocycles. The third-order valence-corrected chi connectivity index (χ3v) is 4.86. The molecule has 0 unspecified atom stereocenters. The van der Waals surface area contributed by atoms with Gasteiger partial charge in [-0.25, -0.2) is 0 Å². The lowest BCUT2D eigenvalue weighted by molar-refractivity contribution is -0.00592. The first-order valence-corrected chi connectivity index (χ1v) is 6.57. The summed E-state index contributed by atoms with van der Waals surface area (Å²) in [5.41, 5.74) is 3.70. The van der Waals surface area contributed by atoms with Crippen LogP contribution in [0.2, 0.25) is 0 Å². The molecular formula is C15H24O2. The molecule has 1 fully saturated rings. The van der Waals surface area contributed by atoms with E-state index < -0.39 is 12.2 Å². The van der Waals surface area contributed by atoms with Gasteiger partial charge in [0.25, 0.3) is 0 Å². The summed E-state index contributed by atoms with van der Waals surface area (Å²) in [6, 6.07) is 0. The second-order valence-corrected chi connectivity index (χ2v) is 6.22. The quantitative estimate of drug-likeness (QED) is 0.687. The van der Waals surface area contributed by atoms with Crippen LogP contribution >= 0.6 is 0 Å². The number of aliphatic hydroxyl groups is 2. The van der Waals surface area contributed by atoms with Gasteiger partial charge in [-0.2, -0.15) is 0 Å². The van der Waals surface area contributed by atoms with Gasteiger partial charge in [-0.15, -0.1) is 0 Å². The van der Waals surface area contributed by atoms with Crippen LogP contribution in [0.3, 0.4) is 0 Å². The number of aliphatic hydroxyl groups excluding tert-OH is 2. The number of hydrogen-bond acceptors (Lipinski definition) is 2. The van der Waals surface area contributed by atoms with Gasteiger partial charge in [-0.05, 0) is 56.4 Å². The predicted molar refractivity (Wildman–Crippen MR) is 69.6 cm³/mol. The molecule has 2 nitrogen and oxygen atoms in total. The topological polar surface area (TPSA) is 40.5 Å². The number of rotatable bonds is 1. The SMILES string of the molecule is C=C(C)[C@@H]1CC[C@]2(C)C[C@@H](O)[C@H](O)C(C)=C2C1. The summed E-state index contributed by atoms with van der Waals surface area (Å²) in [7, 11) is 0. The highest BCUT2D eigenvalue weighted by Gasteiger charge is 2.43. The van der Waals surface area contributed by atoms with Gasteiger partial charge < -0.3 is 10.2 Å². The van der Waals surface area contributed by atoms with Gasteiger partial charge in [-0.3, -0.25) is 0 Å².